The number of nitrogens with zero attached hydrogens (tertiary/aromatic N) is 1. The summed E-state index contributed by atoms with van der Waals surface area (Å²) in [5.74, 6) is 1.07. The van der Waals surface area contributed by atoms with Gasteiger partial charge in [-0.15, -0.1) is 0 Å². The van der Waals surface area contributed by atoms with Crippen molar-refractivity contribution >= 4 is 5.78 Å². The molecule has 1 fully saturated rings. The topological polar surface area (TPSA) is 20.3 Å². The van der Waals surface area contributed by atoms with Gasteiger partial charge in [-0.05, 0) is 38.6 Å². The van der Waals surface area contributed by atoms with Crippen LogP contribution in [0.15, 0.2) is 0 Å². The van der Waals surface area contributed by atoms with Gasteiger partial charge in [-0.2, -0.15) is 0 Å². The lowest BCUT2D eigenvalue weighted by Crippen LogP contribution is -2.31. The molecule has 0 saturated heterocycles. The fourth-order valence-electron chi connectivity index (χ4n) is 1.86. The fourth-order valence-corrected chi connectivity index (χ4v) is 1.86. The summed E-state index contributed by atoms with van der Waals surface area (Å²) in [6, 6.07) is 0.837. The predicted molar refractivity (Wildman–Crippen MR) is 59.3 cm³/mol. The monoisotopic (exact) mass is 197 g/mol. The van der Waals surface area contributed by atoms with E-state index in [2.05, 4.69) is 18.7 Å². The van der Waals surface area contributed by atoms with Crippen LogP contribution in [0.1, 0.15) is 46.5 Å². The van der Waals surface area contributed by atoms with E-state index in [1.165, 1.54) is 19.4 Å². The number of ketones is 1. The van der Waals surface area contributed by atoms with Crippen molar-refractivity contribution in [1.29, 1.82) is 0 Å². The van der Waals surface area contributed by atoms with Crippen molar-refractivity contribution in [1.82, 2.24) is 4.90 Å². The molecule has 82 valence electrons. The molecule has 14 heavy (non-hydrogen) atoms. The highest BCUT2D eigenvalue weighted by Gasteiger charge is 2.28. The molecule has 0 aliphatic heterocycles. The number of Topliss-reactive ketones (excluding diaryl/α,β-unsaturated/α-hetero) is 1. The Kier molecular flexibility index (Phi) is 4.59. The second-order valence-corrected chi connectivity index (χ2v) is 4.93. The summed E-state index contributed by atoms with van der Waals surface area (Å²) in [4.78, 5) is 13.4. The van der Waals surface area contributed by atoms with Crippen molar-refractivity contribution in [2.45, 2.75) is 52.5 Å². The van der Waals surface area contributed by atoms with Gasteiger partial charge in [0.15, 0.2) is 0 Å². The summed E-state index contributed by atoms with van der Waals surface area (Å²) in [6.07, 6.45) is 4.53. The third-order valence-corrected chi connectivity index (χ3v) is 2.64. The van der Waals surface area contributed by atoms with Gasteiger partial charge < -0.3 is 9.69 Å². The summed E-state index contributed by atoms with van der Waals surface area (Å²) in [7, 11) is 0. The lowest BCUT2D eigenvalue weighted by molar-refractivity contribution is -0.117. The molecule has 0 aromatic carbocycles. The third kappa shape index (κ3) is 4.75. The first-order valence-electron chi connectivity index (χ1n) is 5.83. The van der Waals surface area contributed by atoms with Crippen LogP contribution in [0.3, 0.4) is 0 Å². The van der Waals surface area contributed by atoms with Gasteiger partial charge in [0.25, 0.3) is 0 Å². The molecule has 0 aromatic rings. The Hall–Kier alpha value is -0.370. The van der Waals surface area contributed by atoms with Crippen molar-refractivity contribution in [2.24, 2.45) is 5.92 Å². The zero-order valence-electron chi connectivity index (χ0n) is 9.75. The molecule has 0 radical (unpaired) electrons. The van der Waals surface area contributed by atoms with Crippen LogP contribution in [-0.4, -0.2) is 29.8 Å². The Morgan fingerprint density at radius 3 is 2.50 bits per heavy atom. The van der Waals surface area contributed by atoms with E-state index in [9.17, 15) is 4.79 Å². The maximum Gasteiger partial charge on any atom is 0.129 e. The summed E-state index contributed by atoms with van der Waals surface area (Å²) >= 11 is 0. The van der Waals surface area contributed by atoms with Crippen LogP contribution in [-0.2, 0) is 4.79 Å². The Bertz CT molecular complexity index is 185. The molecule has 1 aliphatic carbocycles. The van der Waals surface area contributed by atoms with Crippen molar-refractivity contribution < 1.29 is 4.79 Å². The van der Waals surface area contributed by atoms with Crippen molar-refractivity contribution in [3.05, 3.63) is 0 Å². The van der Waals surface area contributed by atoms with E-state index in [1.54, 1.807) is 6.92 Å². The van der Waals surface area contributed by atoms with Gasteiger partial charge in [-0.3, -0.25) is 0 Å². The highest BCUT2D eigenvalue weighted by atomic mass is 16.1. The number of carbonyl (C=O) groups excluding carboxylic acids is 1. The van der Waals surface area contributed by atoms with Crippen LogP contribution < -0.4 is 0 Å². The molecule has 1 aliphatic rings. The van der Waals surface area contributed by atoms with E-state index in [0.717, 1.165) is 31.3 Å². The van der Waals surface area contributed by atoms with E-state index in [1.807, 2.05) is 0 Å². The minimum atomic E-state index is 0.324. The average molecular weight is 197 g/mol. The molecule has 1 rings (SSSR count). The van der Waals surface area contributed by atoms with Crippen LogP contribution in [0.25, 0.3) is 0 Å². The second-order valence-electron chi connectivity index (χ2n) is 4.93. The predicted octanol–water partition coefficient (Wildman–Crippen LogP) is 2.48. The van der Waals surface area contributed by atoms with E-state index < -0.39 is 0 Å². The first kappa shape index (κ1) is 11.7. The second kappa shape index (κ2) is 5.50. The maximum atomic E-state index is 10.8. The molecule has 0 bridgehead atoms. The van der Waals surface area contributed by atoms with Gasteiger partial charge >= 0.3 is 0 Å². The van der Waals surface area contributed by atoms with Gasteiger partial charge in [0, 0.05) is 19.0 Å². The quantitative estimate of drug-likeness (QED) is 0.625. The zero-order valence-corrected chi connectivity index (χ0v) is 9.75. The Labute approximate surface area is 87.7 Å². The Morgan fingerprint density at radius 2 is 2.07 bits per heavy atom. The van der Waals surface area contributed by atoms with Crippen LogP contribution in [0.4, 0.5) is 0 Å². The van der Waals surface area contributed by atoms with Crippen LogP contribution in [0, 0.1) is 5.92 Å². The molecule has 0 unspecified atom stereocenters. The first-order valence-corrected chi connectivity index (χ1v) is 5.83. The lowest BCUT2D eigenvalue weighted by Gasteiger charge is -2.23. The van der Waals surface area contributed by atoms with E-state index in [-0.39, 0.29) is 0 Å². The molecule has 0 aromatic heterocycles. The van der Waals surface area contributed by atoms with Crippen molar-refractivity contribution in [2.75, 3.05) is 13.1 Å². The van der Waals surface area contributed by atoms with Crippen LogP contribution in [0.2, 0.25) is 0 Å². The van der Waals surface area contributed by atoms with E-state index >= 15 is 0 Å². The van der Waals surface area contributed by atoms with Gasteiger partial charge in [-0.25, -0.2) is 0 Å². The van der Waals surface area contributed by atoms with Gasteiger partial charge in [-0.1, -0.05) is 13.8 Å². The minimum Gasteiger partial charge on any atom is -0.300 e. The van der Waals surface area contributed by atoms with E-state index in [0.29, 0.717) is 5.78 Å². The highest BCUT2D eigenvalue weighted by Crippen LogP contribution is 2.27. The lowest BCUT2D eigenvalue weighted by atomic mass is 10.2. The summed E-state index contributed by atoms with van der Waals surface area (Å²) in [6.45, 7) is 8.52. The van der Waals surface area contributed by atoms with Crippen molar-refractivity contribution in [3.8, 4) is 0 Å². The summed E-state index contributed by atoms with van der Waals surface area (Å²) in [5.41, 5.74) is 0. The van der Waals surface area contributed by atoms with Crippen LogP contribution in [0.5, 0.6) is 0 Å². The number of hydrogen-bond acceptors (Lipinski definition) is 2. The van der Waals surface area contributed by atoms with Gasteiger partial charge in [0.1, 0.15) is 5.78 Å². The van der Waals surface area contributed by atoms with Crippen LogP contribution >= 0.6 is 0 Å². The molecule has 2 heteroatoms. The highest BCUT2D eigenvalue weighted by molar-refractivity contribution is 5.75. The molecule has 0 N–H and O–H groups in total. The zero-order chi connectivity index (χ0) is 10.6. The number of carbonyl (C=O) groups is 1. The molecule has 2 nitrogen and oxygen atoms in total. The molecular weight excluding hydrogens is 174 g/mol. The maximum absolute atomic E-state index is 10.8. The molecular formula is C12H23NO. The molecule has 1 saturated carbocycles. The SMILES string of the molecule is CC(=O)CCCN(CC(C)C)C1CC1. The Balaban J connectivity index is 2.18. The molecule has 0 amide bonds. The first-order chi connectivity index (χ1) is 6.59. The molecule has 0 atom stereocenters. The van der Waals surface area contributed by atoms with E-state index in [4.69, 9.17) is 0 Å². The minimum absolute atomic E-state index is 0.324. The summed E-state index contributed by atoms with van der Waals surface area (Å²) in [5, 5.41) is 0. The normalized spacial score (nSPS) is 16.6. The number of hydrogen-bond donors (Lipinski definition) is 0. The number of rotatable bonds is 7. The standard InChI is InChI=1S/C12H23NO/c1-10(2)9-13(12-6-7-12)8-4-5-11(3)14/h10,12H,4-9H2,1-3H3. The van der Waals surface area contributed by atoms with Crippen molar-refractivity contribution in [3.63, 3.8) is 0 Å². The Morgan fingerprint density at radius 1 is 1.43 bits per heavy atom. The third-order valence-electron chi connectivity index (χ3n) is 2.64. The van der Waals surface area contributed by atoms with Gasteiger partial charge in [0.2, 0.25) is 0 Å². The summed E-state index contributed by atoms with van der Waals surface area (Å²) < 4.78 is 0. The smallest absolute Gasteiger partial charge is 0.129 e. The molecule has 0 spiro atoms. The average Bonchev–Trinajstić information content (AvgIpc) is 2.83. The van der Waals surface area contributed by atoms with Gasteiger partial charge in [0.05, 0.1) is 0 Å². The fraction of sp³-hybridized carbons (Fsp3) is 0.917. The molecule has 0 heterocycles. The largest absolute Gasteiger partial charge is 0.300 e.